The second kappa shape index (κ2) is 5.95. The molecule has 0 fully saturated rings. The monoisotopic (exact) mass is 219 g/mol. The Balaban J connectivity index is 5.64. The average molecular weight is 219 g/mol. The SMILES string of the molecule is C=C(C)/N=C(/N)C(=C(C)C)/C(=C\C)C(=C)N. The highest BCUT2D eigenvalue weighted by atomic mass is 14.9. The molecule has 0 radical (unpaired) electrons. The minimum absolute atomic E-state index is 0.423. The number of hydrogen-bond donors (Lipinski definition) is 2. The molecule has 0 heterocycles. The van der Waals surface area contributed by atoms with Crippen molar-refractivity contribution < 1.29 is 0 Å². The normalized spacial score (nSPS) is 12.2. The van der Waals surface area contributed by atoms with Crippen LogP contribution in [0.2, 0.25) is 0 Å². The Kier molecular flexibility index (Phi) is 5.30. The van der Waals surface area contributed by atoms with Gasteiger partial charge in [-0.15, -0.1) is 0 Å². The Morgan fingerprint density at radius 3 is 1.88 bits per heavy atom. The molecule has 0 aromatic carbocycles. The summed E-state index contributed by atoms with van der Waals surface area (Å²) >= 11 is 0. The Labute approximate surface area is 97.9 Å². The summed E-state index contributed by atoms with van der Waals surface area (Å²) in [5.74, 6) is 0.423. The highest BCUT2D eigenvalue weighted by Crippen LogP contribution is 2.19. The van der Waals surface area contributed by atoms with E-state index in [0.717, 1.165) is 16.7 Å². The largest absolute Gasteiger partial charge is 0.399 e. The fraction of sp³-hybridized carbons (Fsp3) is 0.308. The van der Waals surface area contributed by atoms with E-state index in [1.54, 1.807) is 6.92 Å². The molecule has 0 unspecified atom stereocenters. The third kappa shape index (κ3) is 3.77. The predicted octanol–water partition coefficient (Wildman–Crippen LogP) is 2.63. The van der Waals surface area contributed by atoms with E-state index < -0.39 is 0 Å². The fourth-order valence-corrected chi connectivity index (χ4v) is 1.42. The summed E-state index contributed by atoms with van der Waals surface area (Å²) in [5.41, 5.74) is 15.5. The lowest BCUT2D eigenvalue weighted by Gasteiger charge is -2.13. The van der Waals surface area contributed by atoms with Gasteiger partial charge in [0.25, 0.3) is 0 Å². The molecule has 4 N–H and O–H groups in total. The first-order valence-corrected chi connectivity index (χ1v) is 5.10. The lowest BCUT2D eigenvalue weighted by atomic mass is 9.98. The van der Waals surface area contributed by atoms with Gasteiger partial charge < -0.3 is 11.5 Å². The standard InChI is InChI=1S/C13H21N3/c1-7-11(10(6)14)12(8(2)3)13(15)16-9(4)5/h7H,4,6,14H2,1-3,5H3,(H2,15,16)/b11-7-. The second-order valence-corrected chi connectivity index (χ2v) is 3.83. The van der Waals surface area contributed by atoms with Crippen LogP contribution in [0.5, 0.6) is 0 Å². The van der Waals surface area contributed by atoms with Crippen molar-refractivity contribution in [3.63, 3.8) is 0 Å². The quantitative estimate of drug-likeness (QED) is 0.433. The predicted molar refractivity (Wildman–Crippen MR) is 71.9 cm³/mol. The highest BCUT2D eigenvalue weighted by molar-refractivity contribution is 6.03. The summed E-state index contributed by atoms with van der Waals surface area (Å²) in [4.78, 5) is 4.15. The van der Waals surface area contributed by atoms with Crippen molar-refractivity contribution >= 4 is 5.84 Å². The number of nitrogens with two attached hydrogens (primary N) is 2. The van der Waals surface area contributed by atoms with Crippen LogP contribution in [0.25, 0.3) is 0 Å². The molecule has 0 amide bonds. The van der Waals surface area contributed by atoms with Gasteiger partial charge in [0.15, 0.2) is 0 Å². The Morgan fingerprint density at radius 1 is 1.12 bits per heavy atom. The molecular formula is C13H21N3. The van der Waals surface area contributed by atoms with Gasteiger partial charge in [-0.2, -0.15) is 0 Å². The summed E-state index contributed by atoms with van der Waals surface area (Å²) in [6, 6.07) is 0. The molecule has 0 rings (SSSR count). The number of hydrogen-bond acceptors (Lipinski definition) is 2. The highest BCUT2D eigenvalue weighted by Gasteiger charge is 2.12. The van der Waals surface area contributed by atoms with Crippen LogP contribution in [-0.4, -0.2) is 5.84 Å². The molecule has 0 aliphatic rings. The molecule has 0 aromatic heterocycles. The molecule has 16 heavy (non-hydrogen) atoms. The molecule has 0 saturated carbocycles. The van der Waals surface area contributed by atoms with E-state index in [-0.39, 0.29) is 0 Å². The van der Waals surface area contributed by atoms with Crippen LogP contribution in [0, 0.1) is 0 Å². The van der Waals surface area contributed by atoms with E-state index in [1.165, 1.54) is 0 Å². The molecule has 0 aliphatic heterocycles. The smallest absolute Gasteiger partial charge is 0.131 e. The zero-order valence-electron chi connectivity index (χ0n) is 10.6. The van der Waals surface area contributed by atoms with Gasteiger partial charge in [0.2, 0.25) is 0 Å². The van der Waals surface area contributed by atoms with E-state index in [2.05, 4.69) is 18.2 Å². The topological polar surface area (TPSA) is 64.4 Å². The van der Waals surface area contributed by atoms with Gasteiger partial charge in [-0.1, -0.05) is 24.8 Å². The molecule has 88 valence electrons. The maximum Gasteiger partial charge on any atom is 0.131 e. The molecule has 0 atom stereocenters. The molecule has 0 spiro atoms. The van der Waals surface area contributed by atoms with Crippen molar-refractivity contribution in [3.8, 4) is 0 Å². The van der Waals surface area contributed by atoms with Gasteiger partial charge in [-0.25, -0.2) is 4.99 Å². The minimum Gasteiger partial charge on any atom is -0.399 e. The molecule has 0 bridgehead atoms. The van der Waals surface area contributed by atoms with Crippen molar-refractivity contribution in [3.05, 3.63) is 47.3 Å². The lowest BCUT2D eigenvalue weighted by Crippen LogP contribution is -2.20. The zero-order valence-corrected chi connectivity index (χ0v) is 10.6. The van der Waals surface area contributed by atoms with Crippen molar-refractivity contribution in [2.45, 2.75) is 27.7 Å². The first-order valence-electron chi connectivity index (χ1n) is 5.10. The van der Waals surface area contributed by atoms with Crippen LogP contribution in [0.1, 0.15) is 27.7 Å². The molecule has 0 aliphatic carbocycles. The number of rotatable bonds is 4. The van der Waals surface area contributed by atoms with Crippen molar-refractivity contribution in [1.29, 1.82) is 0 Å². The Morgan fingerprint density at radius 2 is 1.62 bits per heavy atom. The zero-order chi connectivity index (χ0) is 12.9. The van der Waals surface area contributed by atoms with Crippen LogP contribution in [0.15, 0.2) is 52.3 Å². The summed E-state index contributed by atoms with van der Waals surface area (Å²) in [6.07, 6.45) is 1.88. The Hall–Kier alpha value is -1.77. The Bertz CT molecular complexity index is 391. The molecule has 3 nitrogen and oxygen atoms in total. The van der Waals surface area contributed by atoms with E-state index in [4.69, 9.17) is 11.5 Å². The second-order valence-electron chi connectivity index (χ2n) is 3.83. The third-order valence-corrected chi connectivity index (χ3v) is 1.97. The van der Waals surface area contributed by atoms with Gasteiger partial charge >= 0.3 is 0 Å². The van der Waals surface area contributed by atoms with Crippen LogP contribution < -0.4 is 11.5 Å². The van der Waals surface area contributed by atoms with E-state index in [9.17, 15) is 0 Å². The molecule has 3 heteroatoms. The van der Waals surface area contributed by atoms with Crippen molar-refractivity contribution in [1.82, 2.24) is 0 Å². The maximum atomic E-state index is 5.93. The molecule has 0 aromatic rings. The number of allylic oxidation sites excluding steroid dienone is 4. The summed E-state index contributed by atoms with van der Waals surface area (Å²) < 4.78 is 0. The van der Waals surface area contributed by atoms with Gasteiger partial charge in [-0.05, 0) is 27.7 Å². The summed E-state index contributed by atoms with van der Waals surface area (Å²) in [5, 5.41) is 0. The number of aliphatic imine (C=N–C) groups is 1. The van der Waals surface area contributed by atoms with Crippen LogP contribution in [0.3, 0.4) is 0 Å². The summed E-state index contributed by atoms with van der Waals surface area (Å²) in [7, 11) is 0. The van der Waals surface area contributed by atoms with E-state index in [1.807, 2.05) is 26.8 Å². The number of amidine groups is 1. The lowest BCUT2D eigenvalue weighted by molar-refractivity contribution is 1.23. The summed E-state index contributed by atoms with van der Waals surface area (Å²) in [6.45, 7) is 15.0. The van der Waals surface area contributed by atoms with Crippen molar-refractivity contribution in [2.75, 3.05) is 0 Å². The first-order chi connectivity index (χ1) is 7.31. The van der Waals surface area contributed by atoms with Crippen LogP contribution in [-0.2, 0) is 0 Å². The van der Waals surface area contributed by atoms with Gasteiger partial charge in [0.05, 0.1) is 0 Å². The molecular weight excluding hydrogens is 198 g/mol. The van der Waals surface area contributed by atoms with Gasteiger partial charge in [-0.3, -0.25) is 0 Å². The van der Waals surface area contributed by atoms with Gasteiger partial charge in [0.1, 0.15) is 5.84 Å². The number of nitrogens with zero attached hydrogens (tertiary/aromatic N) is 1. The maximum absolute atomic E-state index is 5.93. The van der Waals surface area contributed by atoms with Crippen LogP contribution >= 0.6 is 0 Å². The van der Waals surface area contributed by atoms with E-state index >= 15 is 0 Å². The third-order valence-electron chi connectivity index (χ3n) is 1.97. The van der Waals surface area contributed by atoms with Crippen molar-refractivity contribution in [2.24, 2.45) is 16.5 Å². The average Bonchev–Trinajstić information content (AvgIpc) is 2.10. The fourth-order valence-electron chi connectivity index (χ4n) is 1.42. The molecule has 0 saturated heterocycles. The van der Waals surface area contributed by atoms with Gasteiger partial charge in [0, 0.05) is 22.5 Å². The minimum atomic E-state index is 0.423. The first kappa shape index (κ1) is 14.2. The van der Waals surface area contributed by atoms with Crippen LogP contribution in [0.4, 0.5) is 0 Å². The van der Waals surface area contributed by atoms with E-state index in [0.29, 0.717) is 17.2 Å².